The van der Waals surface area contributed by atoms with Crippen LogP contribution in [0.1, 0.15) is 19.0 Å². The van der Waals surface area contributed by atoms with E-state index >= 15 is 0 Å². The Kier molecular flexibility index (Phi) is 2.78. The molecule has 0 amide bonds. The third kappa shape index (κ3) is 1.90. The van der Waals surface area contributed by atoms with Gasteiger partial charge in [0.05, 0.1) is 16.2 Å². The molecule has 0 unspecified atom stereocenters. The Morgan fingerprint density at radius 1 is 1.40 bits per heavy atom. The highest BCUT2D eigenvalue weighted by molar-refractivity contribution is 6.35. The maximum atomic E-state index is 9.74. The molecule has 1 aromatic heterocycles. The van der Waals surface area contributed by atoms with Crippen molar-refractivity contribution in [1.82, 2.24) is 4.98 Å². The standard InChI is InChI=1S/C12H12ClNO/c1-2-4-11-12(15)7-8-9(13)5-3-6-10(8)14-11/h3,5-7,15H,2,4H2,1H3. The van der Waals surface area contributed by atoms with Crippen LogP contribution >= 0.6 is 11.6 Å². The Balaban J connectivity index is 2.65. The SMILES string of the molecule is CCCc1nc2cccc(Cl)c2cc1O. The number of hydrogen-bond acceptors (Lipinski definition) is 2. The van der Waals surface area contributed by atoms with Crippen molar-refractivity contribution in [1.29, 1.82) is 0 Å². The molecule has 0 saturated carbocycles. The third-order valence-corrected chi connectivity index (χ3v) is 2.68. The molecule has 78 valence electrons. The molecule has 0 fully saturated rings. The fraction of sp³-hybridized carbons (Fsp3) is 0.250. The Labute approximate surface area is 93.5 Å². The number of benzene rings is 1. The molecule has 0 radical (unpaired) electrons. The van der Waals surface area contributed by atoms with E-state index in [-0.39, 0.29) is 5.75 Å². The van der Waals surface area contributed by atoms with Gasteiger partial charge in [0.1, 0.15) is 5.75 Å². The molecular weight excluding hydrogens is 210 g/mol. The summed E-state index contributed by atoms with van der Waals surface area (Å²) >= 11 is 6.01. The summed E-state index contributed by atoms with van der Waals surface area (Å²) in [6.45, 7) is 2.06. The van der Waals surface area contributed by atoms with Crippen molar-refractivity contribution in [2.45, 2.75) is 19.8 Å². The molecule has 2 aromatic rings. The van der Waals surface area contributed by atoms with Crippen LogP contribution in [0, 0.1) is 0 Å². The van der Waals surface area contributed by atoms with Gasteiger partial charge in [-0.15, -0.1) is 0 Å². The lowest BCUT2D eigenvalue weighted by atomic mass is 10.1. The maximum Gasteiger partial charge on any atom is 0.137 e. The largest absolute Gasteiger partial charge is 0.506 e. The van der Waals surface area contributed by atoms with Gasteiger partial charge in [0, 0.05) is 5.39 Å². The first-order valence-corrected chi connectivity index (χ1v) is 5.37. The number of nitrogens with zero attached hydrogens (tertiary/aromatic N) is 1. The van der Waals surface area contributed by atoms with Gasteiger partial charge in [-0.05, 0) is 24.6 Å². The fourth-order valence-corrected chi connectivity index (χ4v) is 1.83. The van der Waals surface area contributed by atoms with Gasteiger partial charge in [0.2, 0.25) is 0 Å². The summed E-state index contributed by atoms with van der Waals surface area (Å²) in [5.41, 5.74) is 1.58. The van der Waals surface area contributed by atoms with Crippen molar-refractivity contribution in [3.63, 3.8) is 0 Å². The average Bonchev–Trinajstić information content (AvgIpc) is 2.21. The van der Waals surface area contributed by atoms with Crippen LogP contribution in [0.3, 0.4) is 0 Å². The molecule has 2 rings (SSSR count). The van der Waals surface area contributed by atoms with Crippen molar-refractivity contribution in [2.24, 2.45) is 0 Å². The van der Waals surface area contributed by atoms with Crippen molar-refractivity contribution in [3.8, 4) is 5.75 Å². The van der Waals surface area contributed by atoms with Gasteiger partial charge in [-0.1, -0.05) is 31.0 Å². The minimum atomic E-state index is 0.234. The first-order chi connectivity index (χ1) is 7.22. The molecule has 1 heterocycles. The average molecular weight is 222 g/mol. The highest BCUT2D eigenvalue weighted by Crippen LogP contribution is 2.27. The Morgan fingerprint density at radius 3 is 2.93 bits per heavy atom. The molecule has 0 aliphatic rings. The third-order valence-electron chi connectivity index (χ3n) is 2.35. The summed E-state index contributed by atoms with van der Waals surface area (Å²) in [5, 5.41) is 11.2. The molecule has 3 heteroatoms. The second-order valence-corrected chi connectivity index (χ2v) is 3.92. The second kappa shape index (κ2) is 4.07. The Morgan fingerprint density at radius 2 is 2.20 bits per heavy atom. The smallest absolute Gasteiger partial charge is 0.137 e. The van der Waals surface area contributed by atoms with E-state index in [9.17, 15) is 5.11 Å². The summed E-state index contributed by atoms with van der Waals surface area (Å²) in [6.07, 6.45) is 1.75. The molecule has 0 atom stereocenters. The van der Waals surface area contributed by atoms with E-state index in [0.29, 0.717) is 5.02 Å². The summed E-state index contributed by atoms with van der Waals surface area (Å²) in [7, 11) is 0. The number of rotatable bonds is 2. The topological polar surface area (TPSA) is 33.1 Å². The monoisotopic (exact) mass is 221 g/mol. The van der Waals surface area contributed by atoms with Crippen LogP contribution in [-0.2, 0) is 6.42 Å². The number of aromatic hydroxyl groups is 1. The second-order valence-electron chi connectivity index (χ2n) is 3.51. The molecule has 0 spiro atoms. The lowest BCUT2D eigenvalue weighted by Crippen LogP contribution is -1.91. The highest BCUT2D eigenvalue weighted by atomic mass is 35.5. The minimum Gasteiger partial charge on any atom is -0.506 e. The molecule has 0 saturated heterocycles. The van der Waals surface area contributed by atoms with E-state index in [4.69, 9.17) is 11.6 Å². The predicted octanol–water partition coefficient (Wildman–Crippen LogP) is 3.55. The van der Waals surface area contributed by atoms with E-state index in [0.717, 1.165) is 29.4 Å². The first-order valence-electron chi connectivity index (χ1n) is 4.99. The first kappa shape index (κ1) is 10.2. The normalized spacial score (nSPS) is 10.8. The van der Waals surface area contributed by atoms with Crippen LogP contribution in [0.15, 0.2) is 24.3 Å². The van der Waals surface area contributed by atoms with Crippen LogP contribution in [0.2, 0.25) is 5.02 Å². The molecule has 0 bridgehead atoms. The van der Waals surface area contributed by atoms with E-state index in [1.54, 1.807) is 12.1 Å². The summed E-state index contributed by atoms with van der Waals surface area (Å²) in [4.78, 5) is 4.39. The minimum absolute atomic E-state index is 0.234. The van der Waals surface area contributed by atoms with E-state index < -0.39 is 0 Å². The molecule has 1 aromatic carbocycles. The molecule has 0 aliphatic heterocycles. The summed E-state index contributed by atoms with van der Waals surface area (Å²) in [6, 6.07) is 7.25. The van der Waals surface area contributed by atoms with Gasteiger partial charge < -0.3 is 5.11 Å². The zero-order chi connectivity index (χ0) is 10.8. The maximum absolute atomic E-state index is 9.74. The summed E-state index contributed by atoms with van der Waals surface area (Å²) < 4.78 is 0. The van der Waals surface area contributed by atoms with Crippen molar-refractivity contribution in [3.05, 3.63) is 35.0 Å². The van der Waals surface area contributed by atoms with Gasteiger partial charge in [-0.25, -0.2) is 4.98 Å². The van der Waals surface area contributed by atoms with Crippen LogP contribution < -0.4 is 0 Å². The predicted molar refractivity (Wildman–Crippen MR) is 62.4 cm³/mol. The van der Waals surface area contributed by atoms with Crippen molar-refractivity contribution in [2.75, 3.05) is 0 Å². The van der Waals surface area contributed by atoms with E-state index in [1.165, 1.54) is 0 Å². The van der Waals surface area contributed by atoms with Crippen molar-refractivity contribution < 1.29 is 5.11 Å². The number of aryl methyl sites for hydroxylation is 1. The van der Waals surface area contributed by atoms with Crippen LogP contribution in [0.5, 0.6) is 5.75 Å². The van der Waals surface area contributed by atoms with Gasteiger partial charge in [-0.2, -0.15) is 0 Å². The van der Waals surface area contributed by atoms with Crippen LogP contribution in [0.25, 0.3) is 10.9 Å². The molecule has 15 heavy (non-hydrogen) atoms. The molecule has 2 nitrogen and oxygen atoms in total. The Hall–Kier alpha value is -1.28. The number of halogens is 1. The van der Waals surface area contributed by atoms with Gasteiger partial charge in [0.25, 0.3) is 0 Å². The van der Waals surface area contributed by atoms with Crippen LogP contribution in [-0.4, -0.2) is 10.1 Å². The van der Waals surface area contributed by atoms with Gasteiger partial charge in [0.15, 0.2) is 0 Å². The summed E-state index contributed by atoms with van der Waals surface area (Å²) in [5.74, 6) is 0.234. The lowest BCUT2D eigenvalue weighted by molar-refractivity contribution is 0.465. The number of fused-ring (bicyclic) bond motifs is 1. The van der Waals surface area contributed by atoms with Gasteiger partial charge in [-0.3, -0.25) is 0 Å². The van der Waals surface area contributed by atoms with Crippen LogP contribution in [0.4, 0.5) is 0 Å². The number of aromatic nitrogens is 1. The Bertz CT molecular complexity index is 496. The van der Waals surface area contributed by atoms with Gasteiger partial charge >= 0.3 is 0 Å². The highest BCUT2D eigenvalue weighted by Gasteiger charge is 2.06. The van der Waals surface area contributed by atoms with Crippen molar-refractivity contribution >= 4 is 22.5 Å². The zero-order valence-corrected chi connectivity index (χ0v) is 9.25. The quantitative estimate of drug-likeness (QED) is 0.842. The zero-order valence-electron chi connectivity index (χ0n) is 8.50. The molecule has 0 aliphatic carbocycles. The number of hydrogen-bond donors (Lipinski definition) is 1. The molecule has 1 N–H and O–H groups in total. The lowest BCUT2D eigenvalue weighted by Gasteiger charge is -2.05. The fourth-order valence-electron chi connectivity index (χ4n) is 1.61. The number of pyridine rings is 1. The molecular formula is C12H12ClNO. The van der Waals surface area contributed by atoms with E-state index in [1.807, 2.05) is 12.1 Å². The van der Waals surface area contributed by atoms with E-state index in [2.05, 4.69) is 11.9 Å².